The second-order valence-electron chi connectivity index (χ2n) is 6.32. The van der Waals surface area contributed by atoms with Crippen LogP contribution in [0, 0.1) is 25.5 Å². The number of halogens is 2. The summed E-state index contributed by atoms with van der Waals surface area (Å²) in [7, 11) is 0. The Balaban J connectivity index is 1.89. The summed E-state index contributed by atoms with van der Waals surface area (Å²) in [5, 5.41) is 9.89. The highest BCUT2D eigenvalue weighted by molar-refractivity contribution is 5.64. The zero-order valence-corrected chi connectivity index (χ0v) is 14.3. The number of hydrogen-bond donors (Lipinski definition) is 1. The largest absolute Gasteiger partial charge is 0.508 e. The van der Waals surface area contributed by atoms with E-state index in [1.165, 1.54) is 18.2 Å². The van der Waals surface area contributed by atoms with Crippen molar-refractivity contribution in [3.63, 3.8) is 0 Å². The Kier molecular flexibility index (Phi) is 4.84. The van der Waals surface area contributed by atoms with Gasteiger partial charge in [0.05, 0.1) is 0 Å². The van der Waals surface area contributed by atoms with Crippen LogP contribution in [0.5, 0.6) is 5.75 Å². The first-order chi connectivity index (χ1) is 12.0. The summed E-state index contributed by atoms with van der Waals surface area (Å²) in [5.74, 6) is -0.320. The topological polar surface area (TPSA) is 20.2 Å². The van der Waals surface area contributed by atoms with Crippen molar-refractivity contribution in [2.45, 2.75) is 26.7 Å². The maximum absolute atomic E-state index is 14.2. The molecule has 0 fully saturated rings. The molecule has 1 nitrogen and oxygen atoms in total. The van der Waals surface area contributed by atoms with E-state index in [0.717, 1.165) is 27.8 Å². The van der Waals surface area contributed by atoms with Gasteiger partial charge in [0.25, 0.3) is 0 Å². The van der Waals surface area contributed by atoms with Gasteiger partial charge in [-0.25, -0.2) is 8.78 Å². The maximum atomic E-state index is 14.2. The van der Waals surface area contributed by atoms with Crippen LogP contribution in [0.3, 0.4) is 0 Å². The Morgan fingerprint density at radius 3 is 2.36 bits per heavy atom. The quantitative estimate of drug-likeness (QED) is 0.643. The molecule has 0 amide bonds. The van der Waals surface area contributed by atoms with Gasteiger partial charge in [-0.3, -0.25) is 0 Å². The van der Waals surface area contributed by atoms with Crippen LogP contribution < -0.4 is 0 Å². The highest BCUT2D eigenvalue weighted by Gasteiger charge is 2.10. The summed E-state index contributed by atoms with van der Waals surface area (Å²) in [6, 6.07) is 14.7. The van der Waals surface area contributed by atoms with Crippen LogP contribution in [-0.2, 0) is 12.8 Å². The maximum Gasteiger partial charge on any atom is 0.126 e. The van der Waals surface area contributed by atoms with Crippen LogP contribution in [0.25, 0.3) is 11.1 Å². The number of aryl methyl sites for hydroxylation is 2. The zero-order chi connectivity index (χ0) is 18.0. The molecule has 128 valence electrons. The van der Waals surface area contributed by atoms with Crippen molar-refractivity contribution in [3.8, 4) is 16.9 Å². The second-order valence-corrected chi connectivity index (χ2v) is 6.32. The molecule has 3 aromatic carbocycles. The molecule has 0 aliphatic heterocycles. The molecule has 3 aromatic rings. The van der Waals surface area contributed by atoms with Gasteiger partial charge < -0.3 is 5.11 Å². The molecule has 25 heavy (non-hydrogen) atoms. The van der Waals surface area contributed by atoms with Crippen LogP contribution in [0.1, 0.15) is 22.3 Å². The van der Waals surface area contributed by atoms with Gasteiger partial charge >= 0.3 is 0 Å². The molecule has 0 aromatic heterocycles. The van der Waals surface area contributed by atoms with Gasteiger partial charge in [0.2, 0.25) is 0 Å². The van der Waals surface area contributed by atoms with Crippen LogP contribution >= 0.6 is 0 Å². The fourth-order valence-electron chi connectivity index (χ4n) is 3.14. The predicted octanol–water partition coefficient (Wildman–Crippen LogP) is 5.74. The summed E-state index contributed by atoms with van der Waals surface area (Å²) in [4.78, 5) is 0. The molecule has 0 saturated heterocycles. The third kappa shape index (κ3) is 3.71. The molecular weight excluding hydrogens is 318 g/mol. The minimum Gasteiger partial charge on any atom is -0.508 e. The fourth-order valence-corrected chi connectivity index (χ4v) is 3.14. The Bertz CT molecular complexity index is 916. The minimum absolute atomic E-state index is 0.259. The van der Waals surface area contributed by atoms with Crippen molar-refractivity contribution in [3.05, 3.63) is 88.5 Å². The lowest BCUT2D eigenvalue weighted by molar-refractivity contribution is 0.470. The average Bonchev–Trinajstić information content (AvgIpc) is 2.60. The molecular formula is C22H20F2O. The molecule has 0 saturated carbocycles. The molecule has 1 N–H and O–H groups in total. The van der Waals surface area contributed by atoms with E-state index >= 15 is 0 Å². The number of hydrogen-bond acceptors (Lipinski definition) is 1. The van der Waals surface area contributed by atoms with Gasteiger partial charge in [-0.15, -0.1) is 0 Å². The number of aromatic hydroxyl groups is 1. The summed E-state index contributed by atoms with van der Waals surface area (Å²) in [5.41, 5.74) is 5.06. The molecule has 0 aliphatic carbocycles. The summed E-state index contributed by atoms with van der Waals surface area (Å²) < 4.78 is 27.7. The van der Waals surface area contributed by atoms with E-state index in [2.05, 4.69) is 0 Å². The molecule has 0 unspecified atom stereocenters. The van der Waals surface area contributed by atoms with E-state index in [-0.39, 0.29) is 17.4 Å². The Labute approximate surface area is 146 Å². The number of rotatable bonds is 4. The molecule has 0 heterocycles. The van der Waals surface area contributed by atoms with Crippen molar-refractivity contribution >= 4 is 0 Å². The van der Waals surface area contributed by atoms with Crippen molar-refractivity contribution in [2.75, 3.05) is 0 Å². The second kappa shape index (κ2) is 7.06. The standard InChI is InChI=1S/C22H20F2O/c1-14-6-11-22(25)15(2)20(14)9-7-18-12-17(8-10-21(18)24)16-4-3-5-19(23)13-16/h3-6,8,10-13,25H,7,9H2,1-2H3. The van der Waals surface area contributed by atoms with Crippen molar-refractivity contribution in [1.29, 1.82) is 0 Å². The van der Waals surface area contributed by atoms with Gasteiger partial charge in [0, 0.05) is 0 Å². The van der Waals surface area contributed by atoms with Gasteiger partial charge in [-0.2, -0.15) is 0 Å². The van der Waals surface area contributed by atoms with Crippen molar-refractivity contribution in [1.82, 2.24) is 0 Å². The summed E-state index contributed by atoms with van der Waals surface area (Å²) in [6.07, 6.45) is 1.15. The highest BCUT2D eigenvalue weighted by Crippen LogP contribution is 2.27. The fraction of sp³-hybridized carbons (Fsp3) is 0.182. The van der Waals surface area contributed by atoms with Gasteiger partial charge in [-0.1, -0.05) is 24.3 Å². The van der Waals surface area contributed by atoms with Crippen LogP contribution in [0.4, 0.5) is 8.78 Å². The monoisotopic (exact) mass is 338 g/mol. The van der Waals surface area contributed by atoms with Gasteiger partial charge in [0.15, 0.2) is 0 Å². The number of benzene rings is 3. The Morgan fingerprint density at radius 1 is 0.840 bits per heavy atom. The van der Waals surface area contributed by atoms with Crippen LogP contribution in [0.2, 0.25) is 0 Å². The first kappa shape index (κ1) is 17.2. The van der Waals surface area contributed by atoms with E-state index in [0.29, 0.717) is 18.4 Å². The predicted molar refractivity (Wildman–Crippen MR) is 96.8 cm³/mol. The summed E-state index contributed by atoms with van der Waals surface area (Å²) in [6.45, 7) is 3.86. The molecule has 0 radical (unpaired) electrons. The first-order valence-electron chi connectivity index (χ1n) is 8.28. The molecule has 0 aliphatic rings. The highest BCUT2D eigenvalue weighted by atomic mass is 19.1. The third-order valence-corrected chi connectivity index (χ3v) is 4.65. The van der Waals surface area contributed by atoms with E-state index in [1.807, 2.05) is 26.0 Å². The SMILES string of the molecule is Cc1ccc(O)c(C)c1CCc1cc(-c2cccc(F)c2)ccc1F. The van der Waals surface area contributed by atoms with E-state index in [1.54, 1.807) is 24.3 Å². The molecule has 3 rings (SSSR count). The lowest BCUT2D eigenvalue weighted by Gasteiger charge is -2.12. The Morgan fingerprint density at radius 2 is 1.60 bits per heavy atom. The smallest absolute Gasteiger partial charge is 0.126 e. The molecule has 0 bridgehead atoms. The average molecular weight is 338 g/mol. The van der Waals surface area contributed by atoms with Crippen molar-refractivity contribution in [2.24, 2.45) is 0 Å². The van der Waals surface area contributed by atoms with Crippen LogP contribution in [-0.4, -0.2) is 5.11 Å². The number of phenolic OH excluding ortho intramolecular Hbond substituents is 1. The number of phenols is 1. The molecule has 0 spiro atoms. The Hall–Kier alpha value is -2.68. The first-order valence-corrected chi connectivity index (χ1v) is 8.28. The molecule has 3 heteroatoms. The van der Waals surface area contributed by atoms with E-state index < -0.39 is 0 Å². The third-order valence-electron chi connectivity index (χ3n) is 4.65. The van der Waals surface area contributed by atoms with Crippen molar-refractivity contribution < 1.29 is 13.9 Å². The lowest BCUT2D eigenvalue weighted by atomic mass is 9.94. The normalized spacial score (nSPS) is 10.9. The van der Waals surface area contributed by atoms with Gasteiger partial charge in [0.1, 0.15) is 17.4 Å². The minimum atomic E-state index is -0.311. The van der Waals surface area contributed by atoms with Gasteiger partial charge in [-0.05, 0) is 90.4 Å². The van der Waals surface area contributed by atoms with E-state index in [9.17, 15) is 13.9 Å². The molecule has 0 atom stereocenters. The van der Waals surface area contributed by atoms with Crippen LogP contribution in [0.15, 0.2) is 54.6 Å². The van der Waals surface area contributed by atoms with E-state index in [4.69, 9.17) is 0 Å². The summed E-state index contributed by atoms with van der Waals surface area (Å²) >= 11 is 0. The lowest BCUT2D eigenvalue weighted by Crippen LogP contribution is -2.00. The zero-order valence-electron chi connectivity index (χ0n) is 14.3.